The van der Waals surface area contributed by atoms with Gasteiger partial charge in [0.1, 0.15) is 41.5 Å². The zero-order chi connectivity index (χ0) is 39.5. The molecule has 6 rings (SSSR count). The van der Waals surface area contributed by atoms with Crippen molar-refractivity contribution in [3.05, 3.63) is 33.4 Å². The van der Waals surface area contributed by atoms with E-state index in [1.54, 1.807) is 30.7 Å². The van der Waals surface area contributed by atoms with E-state index >= 15 is 4.79 Å². The Hall–Kier alpha value is -2.37. The zero-order valence-electron chi connectivity index (χ0n) is 33.1. The largest absolute Gasteiger partial charge is 0.460 e. The van der Waals surface area contributed by atoms with Crippen LogP contribution in [0.15, 0.2) is 24.3 Å². The molecule has 1 aliphatic carbocycles. The number of carbonyl (C=O) groups excluding carboxylic acids is 4. The fraction of sp³-hybridized carbons (Fsp3) is 0.756. The van der Waals surface area contributed by atoms with Crippen molar-refractivity contribution in [1.29, 1.82) is 0 Å². The maximum atomic E-state index is 15.4. The summed E-state index contributed by atoms with van der Waals surface area (Å²) in [5.74, 6) is -2.60. The molecule has 14 heteroatoms. The van der Waals surface area contributed by atoms with Gasteiger partial charge in [0.25, 0.3) is 0 Å². The Kier molecular flexibility index (Phi) is 13.5. The van der Waals surface area contributed by atoms with E-state index in [1.807, 2.05) is 24.3 Å². The van der Waals surface area contributed by atoms with Gasteiger partial charge in [-0.15, -0.1) is 0 Å². The normalized spacial score (nSPS) is 30.2. The molecule has 5 aliphatic rings. The maximum Gasteiger partial charge on any atom is 0.327 e. The number of ether oxygens (including phenoxy) is 4. The van der Waals surface area contributed by atoms with Crippen LogP contribution in [0, 0.1) is 8.99 Å². The van der Waals surface area contributed by atoms with Crippen molar-refractivity contribution in [1.82, 2.24) is 15.3 Å². The summed E-state index contributed by atoms with van der Waals surface area (Å²) in [6, 6.07) is 5.32. The molecule has 13 nitrogen and oxygen atoms in total. The van der Waals surface area contributed by atoms with Crippen molar-refractivity contribution in [2.24, 2.45) is 5.41 Å². The van der Waals surface area contributed by atoms with Gasteiger partial charge in [-0.2, -0.15) is 5.06 Å². The summed E-state index contributed by atoms with van der Waals surface area (Å²) in [5, 5.41) is 14.6. The summed E-state index contributed by atoms with van der Waals surface area (Å²) in [6.45, 7) is 9.84. The van der Waals surface area contributed by atoms with Crippen LogP contribution in [-0.2, 0) is 49.5 Å². The SMILES string of the molecule is CCCCCC1(CCCCC)O[C@@H]2[C@H](O1)[C@H]1ON(Cc3ccc(I)cc3)[C@H]3C(=O)O[C@@H]2C[C@@]13C(=O)N1CCC[C@@H]1C(=O)N[C@H](CO)CCC(=O)OC(C)(C)C. The van der Waals surface area contributed by atoms with Gasteiger partial charge in [-0.05, 0) is 93.2 Å². The van der Waals surface area contributed by atoms with Crippen LogP contribution in [0.25, 0.3) is 0 Å². The summed E-state index contributed by atoms with van der Waals surface area (Å²) < 4.78 is 26.6. The molecular formula is C41H60IN3O10. The molecule has 0 radical (unpaired) electrons. The van der Waals surface area contributed by atoms with Gasteiger partial charge in [0.05, 0.1) is 19.2 Å². The number of carbonyl (C=O) groups is 4. The Morgan fingerprint density at radius 3 is 2.35 bits per heavy atom. The van der Waals surface area contributed by atoms with Gasteiger partial charge in [0.15, 0.2) is 11.8 Å². The van der Waals surface area contributed by atoms with Crippen LogP contribution in [0.4, 0.5) is 0 Å². The van der Waals surface area contributed by atoms with Crippen molar-refractivity contribution in [3.63, 3.8) is 0 Å². The molecule has 4 heterocycles. The highest BCUT2D eigenvalue weighted by atomic mass is 127. The number of aliphatic hydroxyl groups excluding tert-OH is 1. The summed E-state index contributed by atoms with van der Waals surface area (Å²) in [4.78, 5) is 64.4. The molecule has 1 saturated carbocycles. The topological polar surface area (TPSA) is 153 Å². The Labute approximate surface area is 338 Å². The molecule has 55 heavy (non-hydrogen) atoms. The van der Waals surface area contributed by atoms with E-state index in [4.69, 9.17) is 23.8 Å². The molecule has 5 fully saturated rings. The number of amides is 2. The van der Waals surface area contributed by atoms with E-state index in [2.05, 4.69) is 41.8 Å². The molecule has 0 unspecified atom stereocenters. The molecule has 2 bridgehead atoms. The van der Waals surface area contributed by atoms with E-state index in [1.165, 1.54) is 0 Å². The van der Waals surface area contributed by atoms with Gasteiger partial charge in [0, 0.05) is 35.8 Å². The second-order valence-electron chi connectivity index (χ2n) is 17.0. The number of nitrogens with one attached hydrogen (secondary N) is 1. The fourth-order valence-electron chi connectivity index (χ4n) is 9.19. The summed E-state index contributed by atoms with van der Waals surface area (Å²) >= 11 is 2.25. The molecule has 1 aromatic carbocycles. The van der Waals surface area contributed by atoms with E-state index < -0.39 is 77.2 Å². The molecule has 4 saturated heterocycles. The lowest BCUT2D eigenvalue weighted by atomic mass is 9.62. The number of fused-ring (bicyclic) bond motifs is 4. The number of likely N-dealkylation sites (tertiary alicyclic amines) is 1. The van der Waals surface area contributed by atoms with E-state index in [-0.39, 0.29) is 38.3 Å². The van der Waals surface area contributed by atoms with Gasteiger partial charge in [0.2, 0.25) is 11.8 Å². The van der Waals surface area contributed by atoms with Gasteiger partial charge < -0.3 is 34.3 Å². The first kappa shape index (κ1) is 42.2. The Bertz CT molecular complexity index is 1530. The predicted octanol–water partition coefficient (Wildman–Crippen LogP) is 5.32. The van der Waals surface area contributed by atoms with E-state index in [9.17, 15) is 19.5 Å². The summed E-state index contributed by atoms with van der Waals surface area (Å²) in [6.07, 6.45) is 5.88. The summed E-state index contributed by atoms with van der Waals surface area (Å²) in [7, 11) is 0. The Balaban J connectivity index is 1.29. The smallest absolute Gasteiger partial charge is 0.327 e. The first-order chi connectivity index (χ1) is 26.2. The lowest BCUT2D eigenvalue weighted by Gasteiger charge is -2.50. The van der Waals surface area contributed by atoms with Crippen LogP contribution < -0.4 is 5.32 Å². The minimum atomic E-state index is -1.40. The highest BCUT2D eigenvalue weighted by Gasteiger charge is 2.77. The first-order valence-electron chi connectivity index (χ1n) is 20.4. The molecule has 306 valence electrons. The average molecular weight is 882 g/mol. The minimum Gasteiger partial charge on any atom is -0.460 e. The van der Waals surface area contributed by atoms with Gasteiger partial charge in [-0.25, -0.2) is 0 Å². The first-order valence-corrected chi connectivity index (χ1v) is 21.5. The third-order valence-electron chi connectivity index (χ3n) is 11.7. The summed E-state index contributed by atoms with van der Waals surface area (Å²) in [5.41, 5.74) is -1.14. The number of hydrogen-bond donors (Lipinski definition) is 2. The van der Waals surface area contributed by atoms with Crippen molar-refractivity contribution < 1.29 is 48.1 Å². The number of nitrogens with zero attached hydrogens (tertiary/aromatic N) is 2. The second-order valence-corrected chi connectivity index (χ2v) is 18.3. The number of halogens is 1. The van der Waals surface area contributed by atoms with Gasteiger partial charge >= 0.3 is 11.9 Å². The quantitative estimate of drug-likeness (QED) is 0.119. The number of hydrogen-bond acceptors (Lipinski definition) is 11. The maximum absolute atomic E-state index is 15.4. The van der Waals surface area contributed by atoms with Gasteiger partial charge in [-0.1, -0.05) is 51.7 Å². The van der Waals surface area contributed by atoms with Crippen molar-refractivity contribution in [2.45, 2.75) is 179 Å². The zero-order valence-corrected chi connectivity index (χ0v) is 35.2. The molecule has 2 amide bonds. The van der Waals surface area contributed by atoms with E-state index in [0.29, 0.717) is 32.2 Å². The lowest BCUT2D eigenvalue weighted by Crippen LogP contribution is -2.70. The third-order valence-corrected chi connectivity index (χ3v) is 12.4. The molecular weight excluding hydrogens is 821 g/mol. The van der Waals surface area contributed by atoms with Crippen molar-refractivity contribution in [2.75, 3.05) is 13.2 Å². The van der Waals surface area contributed by atoms with Crippen LogP contribution in [0.1, 0.15) is 124 Å². The number of aliphatic hydroxyl groups is 1. The van der Waals surface area contributed by atoms with Crippen LogP contribution in [0.2, 0.25) is 0 Å². The molecule has 8 atom stereocenters. The molecule has 4 aliphatic heterocycles. The fourth-order valence-corrected chi connectivity index (χ4v) is 9.55. The molecule has 1 aromatic rings. The Morgan fingerprint density at radius 1 is 1.04 bits per heavy atom. The minimum absolute atomic E-state index is 0.0167. The van der Waals surface area contributed by atoms with Crippen molar-refractivity contribution >= 4 is 46.3 Å². The van der Waals surface area contributed by atoms with Crippen molar-refractivity contribution in [3.8, 4) is 0 Å². The predicted molar refractivity (Wildman–Crippen MR) is 210 cm³/mol. The van der Waals surface area contributed by atoms with Crippen LogP contribution in [0.3, 0.4) is 0 Å². The van der Waals surface area contributed by atoms with Crippen LogP contribution >= 0.6 is 22.6 Å². The Morgan fingerprint density at radius 2 is 1.71 bits per heavy atom. The van der Waals surface area contributed by atoms with Crippen LogP contribution in [-0.4, -0.2) is 106 Å². The molecule has 0 aromatic heterocycles. The van der Waals surface area contributed by atoms with Crippen LogP contribution in [0.5, 0.6) is 0 Å². The molecule has 2 N–H and O–H groups in total. The second kappa shape index (κ2) is 17.6. The van der Waals surface area contributed by atoms with E-state index in [0.717, 1.165) is 47.7 Å². The average Bonchev–Trinajstić information content (AvgIpc) is 3.86. The number of esters is 2. The monoisotopic (exact) mass is 881 g/mol. The highest BCUT2D eigenvalue weighted by molar-refractivity contribution is 14.1. The standard InChI is InChI=1S/C41H60IN3O10/c1-6-8-10-20-40(21-11-9-7-2)53-32-30-23-41(34(37(49)51-30)45(55-35(41)33(32)54-40)24-26-14-16-27(42)17-15-26)38(50)44-22-12-13-29(44)36(48)43-28(25-46)18-19-31(47)52-39(3,4)5/h14-17,28-30,32-35,46H,6-13,18-25H2,1-5H3,(H,43,48)/t28-,29+,30+,32-,33-,34-,35+,41-/m0/s1. The number of hydroxylamine groups is 2. The molecule has 0 spiro atoms. The number of benzene rings is 1. The number of rotatable bonds is 17. The van der Waals surface area contributed by atoms with Gasteiger partial charge in [-0.3, -0.25) is 24.0 Å². The lowest BCUT2D eigenvalue weighted by molar-refractivity contribution is -0.225. The number of unbranched alkanes of at least 4 members (excludes halogenated alkanes) is 4. The third kappa shape index (κ3) is 9.04. The highest BCUT2D eigenvalue weighted by Crippen LogP contribution is 2.59.